The van der Waals surface area contributed by atoms with E-state index in [-0.39, 0.29) is 12.5 Å². The van der Waals surface area contributed by atoms with Crippen molar-refractivity contribution in [1.82, 2.24) is 0 Å². The number of methoxy groups -OCH3 is 1. The fraction of sp³-hybridized carbons (Fsp3) is 0.300. The maximum absolute atomic E-state index is 11.2. The molecule has 3 N–H and O–H groups in total. The standard InChI is InChI=1S/C10H14N2O2/c1-7-3-4-8(11)9(5-7)12-10(13)6-14-2/h3-5H,6,11H2,1-2H3,(H,12,13). The molecule has 0 bridgehead atoms. The van der Waals surface area contributed by atoms with Gasteiger partial charge in [-0.15, -0.1) is 0 Å². The number of hydrogen-bond donors (Lipinski definition) is 2. The fourth-order valence-corrected chi connectivity index (χ4v) is 1.10. The summed E-state index contributed by atoms with van der Waals surface area (Å²) in [6, 6.07) is 5.47. The van der Waals surface area contributed by atoms with Gasteiger partial charge in [-0.25, -0.2) is 0 Å². The molecule has 0 fully saturated rings. The number of rotatable bonds is 3. The Morgan fingerprint density at radius 1 is 1.57 bits per heavy atom. The second-order valence-corrected chi connectivity index (χ2v) is 3.07. The third-order valence-corrected chi connectivity index (χ3v) is 1.76. The number of hydrogen-bond acceptors (Lipinski definition) is 3. The van der Waals surface area contributed by atoms with Gasteiger partial charge in [0.15, 0.2) is 0 Å². The molecule has 0 aliphatic rings. The highest BCUT2D eigenvalue weighted by atomic mass is 16.5. The molecule has 0 radical (unpaired) electrons. The van der Waals surface area contributed by atoms with E-state index in [2.05, 4.69) is 5.32 Å². The highest BCUT2D eigenvalue weighted by Crippen LogP contribution is 2.19. The molecule has 1 rings (SSSR count). The summed E-state index contributed by atoms with van der Waals surface area (Å²) < 4.78 is 4.69. The van der Waals surface area contributed by atoms with Crippen LogP contribution in [0.4, 0.5) is 11.4 Å². The summed E-state index contributed by atoms with van der Waals surface area (Å²) in [5, 5.41) is 2.66. The summed E-state index contributed by atoms with van der Waals surface area (Å²) in [7, 11) is 1.47. The predicted molar refractivity (Wildman–Crippen MR) is 56.1 cm³/mol. The lowest BCUT2D eigenvalue weighted by Gasteiger charge is -2.08. The minimum Gasteiger partial charge on any atom is -0.397 e. The van der Waals surface area contributed by atoms with E-state index in [1.165, 1.54) is 7.11 Å². The van der Waals surface area contributed by atoms with E-state index < -0.39 is 0 Å². The van der Waals surface area contributed by atoms with Gasteiger partial charge in [0.2, 0.25) is 5.91 Å². The minimum absolute atomic E-state index is 0.0351. The Labute approximate surface area is 83.1 Å². The Morgan fingerprint density at radius 3 is 2.93 bits per heavy atom. The van der Waals surface area contributed by atoms with Gasteiger partial charge in [-0.2, -0.15) is 0 Å². The Kier molecular flexibility index (Phi) is 3.48. The molecule has 1 aromatic rings. The largest absolute Gasteiger partial charge is 0.397 e. The molecule has 4 heteroatoms. The van der Waals surface area contributed by atoms with Crippen LogP contribution >= 0.6 is 0 Å². The van der Waals surface area contributed by atoms with E-state index in [0.717, 1.165) is 5.56 Å². The van der Waals surface area contributed by atoms with Crippen LogP contribution in [-0.4, -0.2) is 19.6 Å². The van der Waals surface area contributed by atoms with Crippen molar-refractivity contribution in [3.05, 3.63) is 23.8 Å². The van der Waals surface area contributed by atoms with Crippen molar-refractivity contribution in [1.29, 1.82) is 0 Å². The average Bonchev–Trinajstić information content (AvgIpc) is 2.12. The van der Waals surface area contributed by atoms with E-state index in [4.69, 9.17) is 10.5 Å². The van der Waals surface area contributed by atoms with Crippen LogP contribution in [0.1, 0.15) is 5.56 Å². The van der Waals surface area contributed by atoms with Crippen LogP contribution in [0.25, 0.3) is 0 Å². The van der Waals surface area contributed by atoms with Crippen molar-refractivity contribution >= 4 is 17.3 Å². The van der Waals surface area contributed by atoms with Crippen LogP contribution in [0.15, 0.2) is 18.2 Å². The summed E-state index contributed by atoms with van der Waals surface area (Å²) in [6.07, 6.45) is 0. The summed E-state index contributed by atoms with van der Waals surface area (Å²) in [6.45, 7) is 1.97. The van der Waals surface area contributed by atoms with E-state index in [0.29, 0.717) is 11.4 Å². The third-order valence-electron chi connectivity index (χ3n) is 1.76. The van der Waals surface area contributed by atoms with E-state index >= 15 is 0 Å². The van der Waals surface area contributed by atoms with Gasteiger partial charge in [-0.3, -0.25) is 4.79 Å². The van der Waals surface area contributed by atoms with Crippen molar-refractivity contribution in [2.24, 2.45) is 0 Å². The third kappa shape index (κ3) is 2.74. The van der Waals surface area contributed by atoms with Gasteiger partial charge in [0.1, 0.15) is 6.61 Å². The van der Waals surface area contributed by atoms with Crippen molar-refractivity contribution in [3.63, 3.8) is 0 Å². The molecule has 76 valence electrons. The van der Waals surface area contributed by atoms with E-state index in [1.807, 2.05) is 19.1 Å². The molecule has 0 aromatic heterocycles. The highest BCUT2D eigenvalue weighted by molar-refractivity contribution is 5.94. The number of nitrogens with one attached hydrogen (secondary N) is 1. The monoisotopic (exact) mass is 194 g/mol. The lowest BCUT2D eigenvalue weighted by Crippen LogP contribution is -2.18. The SMILES string of the molecule is COCC(=O)Nc1cc(C)ccc1N. The Balaban J connectivity index is 2.75. The van der Waals surface area contributed by atoms with Crippen LogP contribution in [0, 0.1) is 6.92 Å². The molecule has 0 atom stereocenters. The topological polar surface area (TPSA) is 64.3 Å². The van der Waals surface area contributed by atoms with Gasteiger partial charge < -0.3 is 15.8 Å². The van der Waals surface area contributed by atoms with E-state index in [1.54, 1.807) is 6.07 Å². The highest BCUT2D eigenvalue weighted by Gasteiger charge is 2.04. The van der Waals surface area contributed by atoms with Crippen LogP contribution in [0.2, 0.25) is 0 Å². The lowest BCUT2D eigenvalue weighted by atomic mass is 10.2. The van der Waals surface area contributed by atoms with E-state index in [9.17, 15) is 4.79 Å². The molecule has 1 amide bonds. The lowest BCUT2D eigenvalue weighted by molar-refractivity contribution is -0.119. The number of carbonyl (C=O) groups is 1. The summed E-state index contributed by atoms with van der Waals surface area (Å²) >= 11 is 0. The van der Waals surface area contributed by atoms with Gasteiger partial charge in [0.05, 0.1) is 11.4 Å². The number of carbonyl (C=O) groups excluding carboxylic acids is 1. The Morgan fingerprint density at radius 2 is 2.29 bits per heavy atom. The first-order valence-electron chi connectivity index (χ1n) is 4.28. The van der Waals surface area contributed by atoms with Crippen molar-refractivity contribution in [3.8, 4) is 0 Å². The number of ether oxygens (including phenoxy) is 1. The zero-order valence-corrected chi connectivity index (χ0v) is 8.33. The zero-order valence-electron chi connectivity index (χ0n) is 8.33. The first-order chi connectivity index (χ1) is 6.63. The number of benzene rings is 1. The van der Waals surface area contributed by atoms with Gasteiger partial charge in [-0.05, 0) is 24.6 Å². The molecular formula is C10H14N2O2. The number of aryl methyl sites for hydroxylation is 1. The number of amides is 1. The second-order valence-electron chi connectivity index (χ2n) is 3.07. The molecule has 14 heavy (non-hydrogen) atoms. The van der Waals surface area contributed by atoms with Gasteiger partial charge in [0.25, 0.3) is 0 Å². The summed E-state index contributed by atoms with van der Waals surface area (Å²) in [5.41, 5.74) is 7.91. The first kappa shape index (κ1) is 10.5. The molecule has 0 heterocycles. The average molecular weight is 194 g/mol. The van der Waals surface area contributed by atoms with Crippen LogP contribution in [0.3, 0.4) is 0 Å². The summed E-state index contributed by atoms with van der Waals surface area (Å²) in [5.74, 6) is -0.204. The van der Waals surface area contributed by atoms with Gasteiger partial charge in [-0.1, -0.05) is 6.07 Å². The van der Waals surface area contributed by atoms with Crippen molar-refractivity contribution < 1.29 is 9.53 Å². The number of nitrogen functional groups attached to an aromatic ring is 1. The first-order valence-corrected chi connectivity index (χ1v) is 4.28. The van der Waals surface area contributed by atoms with Crippen LogP contribution < -0.4 is 11.1 Å². The zero-order chi connectivity index (χ0) is 10.6. The van der Waals surface area contributed by atoms with Crippen LogP contribution in [0.5, 0.6) is 0 Å². The van der Waals surface area contributed by atoms with Gasteiger partial charge in [0, 0.05) is 7.11 Å². The molecular weight excluding hydrogens is 180 g/mol. The van der Waals surface area contributed by atoms with Crippen molar-refractivity contribution in [2.75, 3.05) is 24.8 Å². The van der Waals surface area contributed by atoms with Gasteiger partial charge >= 0.3 is 0 Å². The fourth-order valence-electron chi connectivity index (χ4n) is 1.10. The molecule has 0 aliphatic carbocycles. The quantitative estimate of drug-likeness (QED) is 0.710. The molecule has 0 spiro atoms. The minimum atomic E-state index is -0.204. The Hall–Kier alpha value is -1.55. The maximum Gasteiger partial charge on any atom is 0.250 e. The molecule has 0 aliphatic heterocycles. The predicted octanol–water partition coefficient (Wildman–Crippen LogP) is 1.16. The van der Waals surface area contributed by atoms with Crippen molar-refractivity contribution in [2.45, 2.75) is 6.92 Å². The smallest absolute Gasteiger partial charge is 0.250 e. The molecule has 4 nitrogen and oxygen atoms in total. The molecule has 0 saturated carbocycles. The second kappa shape index (κ2) is 4.62. The normalized spacial score (nSPS) is 9.86. The summed E-state index contributed by atoms with van der Waals surface area (Å²) in [4.78, 5) is 11.2. The molecule has 0 saturated heterocycles. The molecule has 1 aromatic carbocycles. The number of nitrogens with two attached hydrogens (primary N) is 1. The molecule has 0 unspecified atom stereocenters. The van der Waals surface area contributed by atoms with Crippen LogP contribution in [-0.2, 0) is 9.53 Å². The maximum atomic E-state index is 11.2. The number of anilines is 2. The Bertz CT molecular complexity index is 337.